The topological polar surface area (TPSA) is 64.6 Å². The van der Waals surface area contributed by atoms with Gasteiger partial charge in [0.15, 0.2) is 0 Å². The highest BCUT2D eigenvalue weighted by Gasteiger charge is 2.33. The molecule has 0 heterocycles. The SMILES string of the molecule is CCCCOC(=O)[C@H](C)NP(=O)(Oc1ccccc1)C(C)C. The summed E-state index contributed by atoms with van der Waals surface area (Å²) in [5.41, 5.74) is -0.265. The molecule has 0 aliphatic heterocycles. The van der Waals surface area contributed by atoms with E-state index in [4.69, 9.17) is 9.26 Å². The summed E-state index contributed by atoms with van der Waals surface area (Å²) in [4.78, 5) is 11.9. The summed E-state index contributed by atoms with van der Waals surface area (Å²) in [7, 11) is -3.21. The van der Waals surface area contributed by atoms with Crippen molar-refractivity contribution in [2.45, 2.75) is 52.2 Å². The number of unbranched alkanes of at least 4 members (excludes halogenated alkanes) is 1. The van der Waals surface area contributed by atoms with E-state index in [0.717, 1.165) is 12.8 Å². The average molecular weight is 327 g/mol. The average Bonchev–Trinajstić information content (AvgIpc) is 2.48. The van der Waals surface area contributed by atoms with E-state index in [2.05, 4.69) is 5.09 Å². The number of para-hydroxylation sites is 1. The largest absolute Gasteiger partial charge is 0.465 e. The van der Waals surface area contributed by atoms with Gasteiger partial charge in [0.05, 0.1) is 12.3 Å². The minimum absolute atomic E-state index is 0.265. The Bertz CT molecular complexity index is 504. The van der Waals surface area contributed by atoms with E-state index in [1.807, 2.05) is 25.1 Å². The van der Waals surface area contributed by atoms with Crippen molar-refractivity contribution in [2.24, 2.45) is 0 Å². The first kappa shape index (κ1) is 18.7. The predicted molar refractivity (Wildman–Crippen MR) is 88.3 cm³/mol. The van der Waals surface area contributed by atoms with E-state index in [0.29, 0.717) is 12.4 Å². The fourth-order valence-corrected chi connectivity index (χ4v) is 3.33. The molecule has 0 saturated heterocycles. The Morgan fingerprint density at radius 2 is 1.86 bits per heavy atom. The first-order valence-corrected chi connectivity index (χ1v) is 9.37. The maximum atomic E-state index is 13.0. The first-order chi connectivity index (χ1) is 10.4. The highest BCUT2D eigenvalue weighted by molar-refractivity contribution is 7.58. The summed E-state index contributed by atoms with van der Waals surface area (Å²) < 4.78 is 23.8. The van der Waals surface area contributed by atoms with Crippen molar-refractivity contribution in [1.82, 2.24) is 5.09 Å². The fourth-order valence-electron chi connectivity index (χ4n) is 1.68. The summed E-state index contributed by atoms with van der Waals surface area (Å²) in [5, 5.41) is 2.83. The molecule has 0 aliphatic carbocycles. The van der Waals surface area contributed by atoms with Gasteiger partial charge >= 0.3 is 13.5 Å². The predicted octanol–water partition coefficient (Wildman–Crippen LogP) is 3.99. The maximum absolute atomic E-state index is 13.0. The van der Waals surface area contributed by atoms with Crippen molar-refractivity contribution in [3.63, 3.8) is 0 Å². The van der Waals surface area contributed by atoms with Gasteiger partial charge in [0.2, 0.25) is 0 Å². The molecule has 2 atom stereocenters. The van der Waals surface area contributed by atoms with Crippen LogP contribution in [-0.4, -0.2) is 24.3 Å². The van der Waals surface area contributed by atoms with Gasteiger partial charge in [-0.1, -0.05) is 45.4 Å². The molecule has 0 amide bonds. The van der Waals surface area contributed by atoms with Gasteiger partial charge in [0, 0.05) is 0 Å². The number of benzene rings is 1. The zero-order chi connectivity index (χ0) is 16.6. The van der Waals surface area contributed by atoms with E-state index in [1.54, 1.807) is 32.9 Å². The molecule has 0 aromatic heterocycles. The Morgan fingerprint density at radius 1 is 1.23 bits per heavy atom. The second-order valence-electron chi connectivity index (χ2n) is 5.47. The van der Waals surface area contributed by atoms with Crippen LogP contribution in [0.2, 0.25) is 0 Å². The molecule has 6 heteroatoms. The number of carbonyl (C=O) groups excluding carboxylic acids is 1. The molecule has 5 nitrogen and oxygen atoms in total. The molecule has 0 bridgehead atoms. The van der Waals surface area contributed by atoms with E-state index in [1.165, 1.54) is 0 Å². The first-order valence-electron chi connectivity index (χ1n) is 7.68. The molecule has 0 aliphatic rings. The van der Waals surface area contributed by atoms with Crippen molar-refractivity contribution < 1.29 is 18.6 Å². The number of nitrogens with one attached hydrogen (secondary N) is 1. The minimum Gasteiger partial charge on any atom is -0.465 e. The van der Waals surface area contributed by atoms with Crippen molar-refractivity contribution in [1.29, 1.82) is 0 Å². The van der Waals surface area contributed by atoms with Crippen molar-refractivity contribution in [2.75, 3.05) is 6.61 Å². The summed E-state index contributed by atoms with van der Waals surface area (Å²) in [6.07, 6.45) is 1.78. The van der Waals surface area contributed by atoms with Crippen LogP contribution in [0.15, 0.2) is 30.3 Å². The number of esters is 1. The second kappa shape index (κ2) is 8.96. The lowest BCUT2D eigenvalue weighted by atomic mass is 10.3. The van der Waals surface area contributed by atoms with E-state index < -0.39 is 19.5 Å². The van der Waals surface area contributed by atoms with Gasteiger partial charge in [-0.05, 0) is 25.5 Å². The molecule has 1 aromatic rings. The lowest BCUT2D eigenvalue weighted by Crippen LogP contribution is -2.36. The molecule has 1 N–H and O–H groups in total. The Hall–Kier alpha value is -1.32. The molecule has 0 saturated carbocycles. The van der Waals surface area contributed by atoms with Crippen LogP contribution < -0.4 is 9.61 Å². The van der Waals surface area contributed by atoms with E-state index >= 15 is 0 Å². The van der Waals surface area contributed by atoms with Gasteiger partial charge in [0.1, 0.15) is 11.8 Å². The van der Waals surface area contributed by atoms with Crippen LogP contribution >= 0.6 is 7.52 Å². The molecule has 1 unspecified atom stereocenters. The lowest BCUT2D eigenvalue weighted by molar-refractivity contribution is -0.145. The Balaban J connectivity index is 2.70. The third-order valence-electron chi connectivity index (χ3n) is 3.13. The summed E-state index contributed by atoms with van der Waals surface area (Å²) >= 11 is 0. The number of carbonyl (C=O) groups is 1. The normalized spacial score (nSPS) is 15.1. The molecular formula is C16H26NO4P. The zero-order valence-corrected chi connectivity index (χ0v) is 14.6. The van der Waals surface area contributed by atoms with Crippen LogP contribution in [0, 0.1) is 0 Å². The highest BCUT2D eigenvalue weighted by atomic mass is 31.2. The number of hydrogen-bond donors (Lipinski definition) is 1. The van der Waals surface area contributed by atoms with Crippen molar-refractivity contribution in [3.8, 4) is 5.75 Å². The maximum Gasteiger partial charge on any atom is 0.323 e. The third-order valence-corrected chi connectivity index (χ3v) is 5.72. The fraction of sp³-hybridized carbons (Fsp3) is 0.562. The Labute approximate surface area is 132 Å². The second-order valence-corrected chi connectivity index (χ2v) is 8.13. The van der Waals surface area contributed by atoms with Gasteiger partial charge in [0.25, 0.3) is 0 Å². The van der Waals surface area contributed by atoms with Crippen LogP contribution in [0.25, 0.3) is 0 Å². The Kier molecular flexibility index (Phi) is 7.63. The quantitative estimate of drug-likeness (QED) is 0.422. The van der Waals surface area contributed by atoms with Crippen LogP contribution in [0.4, 0.5) is 0 Å². The van der Waals surface area contributed by atoms with E-state index in [-0.39, 0.29) is 5.66 Å². The zero-order valence-electron chi connectivity index (χ0n) is 13.7. The molecule has 22 heavy (non-hydrogen) atoms. The number of rotatable bonds is 9. The highest BCUT2D eigenvalue weighted by Crippen LogP contribution is 2.48. The summed E-state index contributed by atoms with van der Waals surface area (Å²) in [5.74, 6) is 0.101. The Morgan fingerprint density at radius 3 is 2.41 bits per heavy atom. The van der Waals surface area contributed by atoms with Gasteiger partial charge in [-0.25, -0.2) is 5.09 Å². The third kappa shape index (κ3) is 5.82. The molecule has 124 valence electrons. The van der Waals surface area contributed by atoms with Gasteiger partial charge < -0.3 is 9.26 Å². The van der Waals surface area contributed by atoms with E-state index in [9.17, 15) is 9.36 Å². The molecule has 0 spiro atoms. The summed E-state index contributed by atoms with van der Waals surface area (Å²) in [6, 6.07) is 8.26. The van der Waals surface area contributed by atoms with Crippen molar-refractivity contribution >= 4 is 13.5 Å². The van der Waals surface area contributed by atoms with Crippen molar-refractivity contribution in [3.05, 3.63) is 30.3 Å². The molecular weight excluding hydrogens is 301 g/mol. The summed E-state index contributed by atoms with van der Waals surface area (Å²) in [6.45, 7) is 7.64. The van der Waals surface area contributed by atoms with Crippen LogP contribution in [0.3, 0.4) is 0 Å². The number of ether oxygens (including phenoxy) is 1. The van der Waals surface area contributed by atoms with Gasteiger partial charge in [-0.15, -0.1) is 0 Å². The van der Waals surface area contributed by atoms with Gasteiger partial charge in [-0.3, -0.25) is 9.36 Å². The smallest absolute Gasteiger partial charge is 0.323 e. The standard InChI is InChI=1S/C16H26NO4P/c1-5-6-12-20-16(18)14(4)17-22(19,13(2)3)21-15-10-8-7-9-11-15/h7-11,13-14H,5-6,12H2,1-4H3,(H,17,19)/t14-,22?/m0/s1. The molecule has 1 aromatic carbocycles. The van der Waals surface area contributed by atoms with Crippen LogP contribution in [-0.2, 0) is 14.1 Å². The van der Waals surface area contributed by atoms with Crippen LogP contribution in [0.5, 0.6) is 5.75 Å². The lowest BCUT2D eigenvalue weighted by Gasteiger charge is -2.26. The molecule has 0 fully saturated rings. The molecule has 0 radical (unpaired) electrons. The van der Waals surface area contributed by atoms with Gasteiger partial charge in [-0.2, -0.15) is 0 Å². The minimum atomic E-state index is -3.21. The molecule has 1 rings (SSSR count). The number of hydrogen-bond acceptors (Lipinski definition) is 4. The monoisotopic (exact) mass is 327 g/mol. The van der Waals surface area contributed by atoms with Crippen LogP contribution in [0.1, 0.15) is 40.5 Å².